The van der Waals surface area contributed by atoms with Gasteiger partial charge in [0.2, 0.25) is 0 Å². The van der Waals surface area contributed by atoms with Crippen LogP contribution >= 0.6 is 0 Å². The van der Waals surface area contributed by atoms with Gasteiger partial charge in [-0.15, -0.1) is 5.10 Å². The summed E-state index contributed by atoms with van der Waals surface area (Å²) in [5.41, 5.74) is 3.50. The maximum atomic E-state index is 11.4. The van der Waals surface area contributed by atoms with E-state index in [0.29, 0.717) is 11.4 Å². The zero-order valence-corrected chi connectivity index (χ0v) is 10.7. The highest BCUT2D eigenvalue weighted by molar-refractivity contribution is 7.90. The summed E-state index contributed by atoms with van der Waals surface area (Å²) in [4.78, 5) is 5.37. The van der Waals surface area contributed by atoms with E-state index >= 15 is 0 Å². The summed E-state index contributed by atoms with van der Waals surface area (Å²) in [6.45, 7) is 0. The van der Waals surface area contributed by atoms with Crippen molar-refractivity contribution in [2.75, 3.05) is 18.8 Å². The Balaban J connectivity index is 2.38. The van der Waals surface area contributed by atoms with E-state index < -0.39 is 9.84 Å². The summed E-state index contributed by atoms with van der Waals surface area (Å²) in [5, 5.41) is 3.88. The number of methoxy groups -OCH3 is 1. The fraction of sp³-hybridized carbons (Fsp3) is 0.200. The predicted molar refractivity (Wildman–Crippen MR) is 65.1 cm³/mol. The molecule has 96 valence electrons. The average molecular weight is 268 g/mol. The summed E-state index contributed by atoms with van der Waals surface area (Å²) in [6, 6.07) is 4.56. The van der Waals surface area contributed by atoms with Gasteiger partial charge in [0.25, 0.3) is 0 Å². The SMILES string of the molecule is COc1cc(S(C)(=O)=O)ccc1Nn1cncn1. The number of nitrogens with one attached hydrogen (secondary N) is 1. The Morgan fingerprint density at radius 3 is 2.72 bits per heavy atom. The van der Waals surface area contributed by atoms with Gasteiger partial charge in [0.1, 0.15) is 18.4 Å². The van der Waals surface area contributed by atoms with Gasteiger partial charge in [-0.05, 0) is 12.1 Å². The van der Waals surface area contributed by atoms with E-state index in [1.165, 1.54) is 36.7 Å². The van der Waals surface area contributed by atoms with Crippen LogP contribution in [0.3, 0.4) is 0 Å². The molecule has 0 fully saturated rings. The highest BCUT2D eigenvalue weighted by atomic mass is 32.2. The Morgan fingerprint density at radius 1 is 1.39 bits per heavy atom. The fourth-order valence-electron chi connectivity index (χ4n) is 1.38. The van der Waals surface area contributed by atoms with Crippen LogP contribution in [0.25, 0.3) is 0 Å². The van der Waals surface area contributed by atoms with Gasteiger partial charge in [0.05, 0.1) is 17.7 Å². The molecule has 0 aliphatic rings. The topological polar surface area (TPSA) is 86.1 Å². The van der Waals surface area contributed by atoms with Crippen LogP contribution in [-0.4, -0.2) is 36.7 Å². The van der Waals surface area contributed by atoms with Crippen molar-refractivity contribution in [2.45, 2.75) is 4.90 Å². The summed E-state index contributed by atoms with van der Waals surface area (Å²) in [7, 11) is -1.79. The second kappa shape index (κ2) is 4.65. The number of hydrogen-bond acceptors (Lipinski definition) is 6. The van der Waals surface area contributed by atoms with E-state index in [1.54, 1.807) is 6.07 Å². The lowest BCUT2D eigenvalue weighted by Gasteiger charge is -2.11. The third-order valence-electron chi connectivity index (χ3n) is 2.25. The van der Waals surface area contributed by atoms with Gasteiger partial charge >= 0.3 is 0 Å². The van der Waals surface area contributed by atoms with Crippen LogP contribution in [0.2, 0.25) is 0 Å². The summed E-state index contributed by atoms with van der Waals surface area (Å²) in [5.74, 6) is 0.411. The van der Waals surface area contributed by atoms with Crippen molar-refractivity contribution in [1.29, 1.82) is 0 Å². The lowest BCUT2D eigenvalue weighted by molar-refractivity contribution is 0.414. The molecule has 7 nitrogen and oxygen atoms in total. The molecular formula is C10H12N4O3S. The number of hydrogen-bond donors (Lipinski definition) is 1. The minimum atomic E-state index is -3.26. The molecule has 0 spiro atoms. The molecule has 2 aromatic rings. The summed E-state index contributed by atoms with van der Waals surface area (Å²) in [6.07, 6.45) is 4.00. The van der Waals surface area contributed by atoms with Crippen LogP contribution in [0.1, 0.15) is 0 Å². The first-order valence-corrected chi connectivity index (χ1v) is 6.89. The van der Waals surface area contributed by atoms with Crippen LogP contribution in [0.5, 0.6) is 5.75 Å². The van der Waals surface area contributed by atoms with Gasteiger partial charge in [-0.25, -0.2) is 13.4 Å². The Morgan fingerprint density at radius 2 is 2.17 bits per heavy atom. The molecule has 0 unspecified atom stereocenters. The van der Waals surface area contributed by atoms with E-state index in [2.05, 4.69) is 15.5 Å². The maximum absolute atomic E-state index is 11.4. The zero-order valence-electron chi connectivity index (χ0n) is 9.86. The van der Waals surface area contributed by atoms with Crippen LogP contribution in [-0.2, 0) is 9.84 Å². The van der Waals surface area contributed by atoms with Crippen molar-refractivity contribution in [1.82, 2.24) is 14.9 Å². The molecular weight excluding hydrogens is 256 g/mol. The van der Waals surface area contributed by atoms with E-state index in [4.69, 9.17) is 4.74 Å². The molecule has 0 aliphatic heterocycles. The fourth-order valence-corrected chi connectivity index (χ4v) is 2.02. The molecule has 0 saturated carbocycles. The van der Waals surface area contributed by atoms with Crippen molar-refractivity contribution < 1.29 is 13.2 Å². The number of sulfone groups is 1. The summed E-state index contributed by atoms with van der Waals surface area (Å²) < 4.78 is 28.0. The normalized spacial score (nSPS) is 11.2. The molecule has 0 saturated heterocycles. The number of benzene rings is 1. The quantitative estimate of drug-likeness (QED) is 0.872. The Labute approximate surface area is 104 Å². The number of nitrogens with zero attached hydrogens (tertiary/aromatic N) is 3. The lowest BCUT2D eigenvalue weighted by Crippen LogP contribution is -2.10. The van der Waals surface area contributed by atoms with Crippen molar-refractivity contribution in [3.8, 4) is 5.75 Å². The monoisotopic (exact) mass is 268 g/mol. The standard InChI is InChI=1S/C10H12N4O3S/c1-17-10-5-8(18(2,15)16)3-4-9(10)13-14-7-11-6-12-14/h3-7,13H,1-2H3. The third-order valence-corrected chi connectivity index (χ3v) is 3.37. The van der Waals surface area contributed by atoms with Crippen LogP contribution in [0.4, 0.5) is 5.69 Å². The van der Waals surface area contributed by atoms with E-state index in [-0.39, 0.29) is 4.90 Å². The van der Waals surface area contributed by atoms with Gasteiger partial charge in [0, 0.05) is 12.3 Å². The van der Waals surface area contributed by atoms with Crippen molar-refractivity contribution >= 4 is 15.5 Å². The van der Waals surface area contributed by atoms with Gasteiger partial charge in [-0.3, -0.25) is 5.43 Å². The van der Waals surface area contributed by atoms with Crippen LogP contribution in [0, 0.1) is 0 Å². The highest BCUT2D eigenvalue weighted by Crippen LogP contribution is 2.27. The number of aromatic nitrogens is 3. The second-order valence-corrected chi connectivity index (χ2v) is 5.60. The first-order chi connectivity index (χ1) is 8.50. The van der Waals surface area contributed by atoms with Gasteiger partial charge in [0.15, 0.2) is 9.84 Å². The number of rotatable bonds is 4. The second-order valence-electron chi connectivity index (χ2n) is 3.59. The van der Waals surface area contributed by atoms with Crippen LogP contribution in [0.15, 0.2) is 35.7 Å². The van der Waals surface area contributed by atoms with Crippen molar-refractivity contribution in [3.05, 3.63) is 30.9 Å². The van der Waals surface area contributed by atoms with Gasteiger partial charge < -0.3 is 4.74 Å². The minimum absolute atomic E-state index is 0.198. The Hall–Kier alpha value is -2.09. The number of anilines is 1. The third kappa shape index (κ3) is 2.59. The number of ether oxygens (including phenoxy) is 1. The van der Waals surface area contributed by atoms with E-state index in [9.17, 15) is 8.42 Å². The minimum Gasteiger partial charge on any atom is -0.494 e. The Kier molecular flexibility index (Phi) is 3.19. The molecule has 0 bridgehead atoms. The van der Waals surface area contributed by atoms with E-state index in [1.807, 2.05) is 0 Å². The van der Waals surface area contributed by atoms with Crippen LogP contribution < -0.4 is 10.2 Å². The molecule has 0 aliphatic carbocycles. The van der Waals surface area contributed by atoms with Gasteiger partial charge in [-0.2, -0.15) is 4.79 Å². The molecule has 1 aromatic carbocycles. The largest absolute Gasteiger partial charge is 0.494 e. The molecule has 2 rings (SSSR count). The molecule has 1 N–H and O–H groups in total. The average Bonchev–Trinajstić information content (AvgIpc) is 2.81. The first kappa shape index (κ1) is 12.4. The smallest absolute Gasteiger partial charge is 0.175 e. The molecule has 18 heavy (non-hydrogen) atoms. The molecule has 0 amide bonds. The molecule has 0 radical (unpaired) electrons. The first-order valence-electron chi connectivity index (χ1n) is 5.00. The molecule has 1 heterocycles. The highest BCUT2D eigenvalue weighted by Gasteiger charge is 2.11. The van der Waals surface area contributed by atoms with Crippen molar-refractivity contribution in [3.63, 3.8) is 0 Å². The maximum Gasteiger partial charge on any atom is 0.175 e. The van der Waals surface area contributed by atoms with E-state index in [0.717, 1.165) is 6.26 Å². The molecule has 1 aromatic heterocycles. The Bertz CT molecular complexity index is 637. The zero-order chi connectivity index (χ0) is 13.2. The van der Waals surface area contributed by atoms with Crippen molar-refractivity contribution in [2.24, 2.45) is 0 Å². The molecule has 8 heteroatoms. The molecule has 0 atom stereocenters. The summed E-state index contributed by atoms with van der Waals surface area (Å²) >= 11 is 0. The lowest BCUT2D eigenvalue weighted by atomic mass is 10.3. The van der Waals surface area contributed by atoms with Gasteiger partial charge in [-0.1, -0.05) is 0 Å². The predicted octanol–water partition coefficient (Wildman–Crippen LogP) is 0.565.